The summed E-state index contributed by atoms with van der Waals surface area (Å²) < 4.78 is 5.27. The smallest absolute Gasteiger partial charge is 0.276 e. The second-order valence-electron chi connectivity index (χ2n) is 7.35. The van der Waals surface area contributed by atoms with E-state index in [-0.39, 0.29) is 29.7 Å². The Hall–Kier alpha value is -2.22. The largest absolute Gasteiger partial charge is 0.360 e. The Labute approximate surface area is 156 Å². The molecule has 26 heavy (non-hydrogen) atoms. The summed E-state index contributed by atoms with van der Waals surface area (Å²) in [6.45, 7) is 5.50. The molecular formula is C18H22N4O3S. The third-order valence-electron chi connectivity index (χ3n) is 5.21. The summed E-state index contributed by atoms with van der Waals surface area (Å²) in [6.07, 6.45) is 1.75. The van der Waals surface area contributed by atoms with E-state index in [1.165, 1.54) is 11.3 Å². The second-order valence-corrected chi connectivity index (χ2v) is 8.07. The molecule has 3 fully saturated rings. The van der Waals surface area contributed by atoms with Gasteiger partial charge in [-0.05, 0) is 12.8 Å². The number of fused-ring (bicyclic) bond motifs is 4. The summed E-state index contributed by atoms with van der Waals surface area (Å²) in [5, 5.41) is 5.91. The average molecular weight is 374 g/mol. The minimum Gasteiger partial charge on any atom is -0.360 e. The number of piperidine rings is 1. The number of aromatic nitrogens is 2. The molecule has 0 aliphatic carbocycles. The summed E-state index contributed by atoms with van der Waals surface area (Å²) in [5.74, 6) is 0.716. The van der Waals surface area contributed by atoms with Crippen LogP contribution in [0.25, 0.3) is 0 Å². The highest BCUT2D eigenvalue weighted by Gasteiger charge is 2.42. The van der Waals surface area contributed by atoms with Crippen LogP contribution in [0, 0.1) is 5.92 Å². The van der Waals surface area contributed by atoms with Crippen LogP contribution in [0.2, 0.25) is 0 Å². The molecule has 3 aliphatic heterocycles. The van der Waals surface area contributed by atoms with Crippen molar-refractivity contribution >= 4 is 23.2 Å². The van der Waals surface area contributed by atoms with Gasteiger partial charge in [-0.2, -0.15) is 0 Å². The molecule has 2 atom stereocenters. The molecule has 5 heterocycles. The molecule has 3 aliphatic rings. The number of hydrogen-bond acceptors (Lipinski definition) is 6. The fourth-order valence-corrected chi connectivity index (χ4v) is 4.28. The van der Waals surface area contributed by atoms with Crippen molar-refractivity contribution in [2.75, 3.05) is 13.1 Å². The highest BCUT2D eigenvalue weighted by molar-refractivity contribution is 7.07. The van der Waals surface area contributed by atoms with E-state index >= 15 is 0 Å². The third kappa shape index (κ3) is 3.13. The minimum absolute atomic E-state index is 0.0309. The molecule has 2 amide bonds. The van der Waals surface area contributed by atoms with Crippen molar-refractivity contribution in [2.45, 2.75) is 45.2 Å². The lowest BCUT2D eigenvalue weighted by atomic mass is 9.94. The van der Waals surface area contributed by atoms with Crippen LogP contribution in [0.4, 0.5) is 0 Å². The Morgan fingerprint density at radius 1 is 1.38 bits per heavy atom. The van der Waals surface area contributed by atoms with Gasteiger partial charge in [0.1, 0.15) is 5.76 Å². The van der Waals surface area contributed by atoms with E-state index in [0.29, 0.717) is 31.1 Å². The molecule has 0 N–H and O–H groups in total. The van der Waals surface area contributed by atoms with Crippen LogP contribution < -0.4 is 0 Å². The molecule has 0 unspecified atom stereocenters. The third-order valence-corrected chi connectivity index (χ3v) is 5.85. The summed E-state index contributed by atoms with van der Waals surface area (Å²) in [4.78, 5) is 33.7. The number of thiazole rings is 1. The zero-order valence-corrected chi connectivity index (χ0v) is 15.7. The number of hydrogen-bond donors (Lipinski definition) is 0. The highest BCUT2D eigenvalue weighted by atomic mass is 32.1. The molecule has 0 aromatic carbocycles. The van der Waals surface area contributed by atoms with Gasteiger partial charge >= 0.3 is 0 Å². The van der Waals surface area contributed by atoms with Crippen molar-refractivity contribution in [3.05, 3.63) is 34.1 Å². The molecular weight excluding hydrogens is 352 g/mol. The van der Waals surface area contributed by atoms with Crippen LogP contribution in [-0.2, 0) is 11.3 Å². The van der Waals surface area contributed by atoms with Crippen molar-refractivity contribution in [3.63, 3.8) is 0 Å². The van der Waals surface area contributed by atoms with Crippen LogP contribution in [0.5, 0.6) is 0 Å². The molecule has 7 nitrogen and oxygen atoms in total. The number of carbonyl (C=O) groups excluding carboxylic acids is 2. The van der Waals surface area contributed by atoms with E-state index in [1.807, 2.05) is 24.1 Å². The molecule has 0 saturated carbocycles. The van der Waals surface area contributed by atoms with E-state index in [9.17, 15) is 9.59 Å². The van der Waals surface area contributed by atoms with E-state index in [1.54, 1.807) is 16.5 Å². The molecule has 0 radical (unpaired) electrons. The first-order chi connectivity index (χ1) is 12.5. The molecule has 5 rings (SSSR count). The highest BCUT2D eigenvalue weighted by Crippen LogP contribution is 2.31. The lowest BCUT2D eigenvalue weighted by molar-refractivity contribution is -0.140. The van der Waals surface area contributed by atoms with Gasteiger partial charge in [-0.25, -0.2) is 4.98 Å². The lowest BCUT2D eigenvalue weighted by Gasteiger charge is -2.35. The van der Waals surface area contributed by atoms with Crippen molar-refractivity contribution in [1.82, 2.24) is 19.9 Å². The van der Waals surface area contributed by atoms with Gasteiger partial charge in [0.2, 0.25) is 5.91 Å². The molecule has 8 heteroatoms. The Bertz CT molecular complexity index is 801. The van der Waals surface area contributed by atoms with Crippen molar-refractivity contribution in [1.29, 1.82) is 0 Å². The van der Waals surface area contributed by atoms with Gasteiger partial charge in [0.05, 0.1) is 23.7 Å². The predicted molar refractivity (Wildman–Crippen MR) is 95.7 cm³/mol. The number of carbonyl (C=O) groups is 2. The number of amides is 2. The zero-order valence-electron chi connectivity index (χ0n) is 14.9. The zero-order chi connectivity index (χ0) is 18.3. The Morgan fingerprint density at radius 2 is 2.23 bits per heavy atom. The normalized spacial score (nSPS) is 23.0. The first kappa shape index (κ1) is 17.2. The fourth-order valence-electron chi connectivity index (χ4n) is 3.73. The number of nitrogens with zero attached hydrogens (tertiary/aromatic N) is 4. The molecule has 138 valence electrons. The van der Waals surface area contributed by atoms with Crippen LogP contribution in [0.1, 0.15) is 54.5 Å². The van der Waals surface area contributed by atoms with Gasteiger partial charge in [-0.3, -0.25) is 9.59 Å². The monoisotopic (exact) mass is 374 g/mol. The molecule has 2 aromatic rings. The maximum Gasteiger partial charge on any atom is 0.276 e. The van der Waals surface area contributed by atoms with Crippen LogP contribution in [0.15, 0.2) is 21.5 Å². The van der Waals surface area contributed by atoms with Crippen molar-refractivity contribution < 1.29 is 14.1 Å². The molecule has 2 bridgehead atoms. The quantitative estimate of drug-likeness (QED) is 0.822. The average Bonchev–Trinajstić information content (AvgIpc) is 3.24. The predicted octanol–water partition coefficient (Wildman–Crippen LogP) is 2.52. The summed E-state index contributed by atoms with van der Waals surface area (Å²) >= 11 is 1.53. The topological polar surface area (TPSA) is 79.5 Å². The van der Waals surface area contributed by atoms with Gasteiger partial charge in [-0.1, -0.05) is 19.0 Å². The van der Waals surface area contributed by atoms with Crippen molar-refractivity contribution in [3.8, 4) is 0 Å². The standard InChI is InChI=1S/C18H22N4O3S/c1-11(2)16-5-15(20-25-16)18(24)21-6-12-3-4-14(8-21)22(17(12)23)7-13-9-26-10-19-13/h5,9-12,14H,3-4,6-8H2,1-2H3/t12-,14+/m0/s1. The molecule has 0 spiro atoms. The van der Waals surface area contributed by atoms with E-state index in [0.717, 1.165) is 18.5 Å². The summed E-state index contributed by atoms with van der Waals surface area (Å²) in [7, 11) is 0. The Morgan fingerprint density at radius 3 is 2.92 bits per heavy atom. The minimum atomic E-state index is -0.152. The van der Waals surface area contributed by atoms with Gasteiger partial charge in [-0.15, -0.1) is 11.3 Å². The molecule has 3 saturated heterocycles. The van der Waals surface area contributed by atoms with Crippen LogP contribution in [-0.4, -0.2) is 50.9 Å². The van der Waals surface area contributed by atoms with Gasteiger partial charge < -0.3 is 14.3 Å². The summed E-state index contributed by atoms with van der Waals surface area (Å²) in [6, 6.07) is 1.75. The van der Waals surface area contributed by atoms with E-state index in [2.05, 4.69) is 10.1 Å². The maximum absolute atomic E-state index is 12.9. The first-order valence-corrected chi connectivity index (χ1v) is 9.90. The number of rotatable bonds is 4. The van der Waals surface area contributed by atoms with Crippen LogP contribution >= 0.6 is 11.3 Å². The maximum atomic E-state index is 12.9. The summed E-state index contributed by atoms with van der Waals surface area (Å²) in [5.41, 5.74) is 3.02. The molecule has 2 aromatic heterocycles. The fraction of sp³-hybridized carbons (Fsp3) is 0.556. The second kappa shape index (κ2) is 6.83. The first-order valence-electron chi connectivity index (χ1n) is 8.96. The lowest BCUT2D eigenvalue weighted by Crippen LogP contribution is -2.47. The van der Waals surface area contributed by atoms with Gasteiger partial charge in [0.25, 0.3) is 5.91 Å². The van der Waals surface area contributed by atoms with E-state index < -0.39 is 0 Å². The van der Waals surface area contributed by atoms with Gasteiger partial charge in [0.15, 0.2) is 5.69 Å². The van der Waals surface area contributed by atoms with Gasteiger partial charge in [0, 0.05) is 36.5 Å². The SMILES string of the molecule is CC(C)c1cc(C(=O)N2C[C@@H]3CC[C@H](C2)N(Cc2cscn2)C3=O)no1. The van der Waals surface area contributed by atoms with Crippen molar-refractivity contribution in [2.24, 2.45) is 5.92 Å². The Kier molecular flexibility index (Phi) is 4.52. The van der Waals surface area contributed by atoms with E-state index in [4.69, 9.17) is 4.52 Å². The van der Waals surface area contributed by atoms with Crippen LogP contribution in [0.3, 0.4) is 0 Å². The Balaban J connectivity index is 1.53.